The number of thiazole rings is 1. The van der Waals surface area contributed by atoms with E-state index in [4.69, 9.17) is 4.74 Å². The molecule has 182 valence electrons. The van der Waals surface area contributed by atoms with E-state index in [1.165, 1.54) is 34.2 Å². The second-order valence-corrected chi connectivity index (χ2v) is 10.8. The Morgan fingerprint density at radius 1 is 1.12 bits per heavy atom. The Morgan fingerprint density at radius 2 is 1.79 bits per heavy atom. The van der Waals surface area contributed by atoms with Crippen LogP contribution in [0.25, 0.3) is 10.2 Å². The molecule has 4 rings (SSSR count). The molecule has 1 fully saturated rings. The van der Waals surface area contributed by atoms with Crippen molar-refractivity contribution in [2.45, 2.75) is 24.3 Å². The fourth-order valence-electron chi connectivity index (χ4n) is 3.89. The number of hydrogen-bond donors (Lipinski definition) is 0. The Bertz CT molecular complexity index is 1380. The van der Waals surface area contributed by atoms with Gasteiger partial charge in [0, 0.05) is 38.7 Å². The summed E-state index contributed by atoms with van der Waals surface area (Å²) in [4.78, 5) is 17.3. The maximum Gasteiger partial charge on any atom is 0.251 e. The largest absolute Gasteiger partial charge is 0.383 e. The zero-order valence-electron chi connectivity index (χ0n) is 18.2. The molecule has 1 amide bonds. The molecule has 0 bridgehead atoms. The molecule has 0 aliphatic carbocycles. The SMILES string of the molecule is COCCn1c(=NC(=O)C2CCN(S(=O)(=O)c3ccc(F)cc3)CC2)sc2cc(F)cc(F)c21. The Balaban J connectivity index is 1.55. The molecule has 0 radical (unpaired) electrons. The molecule has 34 heavy (non-hydrogen) atoms. The summed E-state index contributed by atoms with van der Waals surface area (Å²) in [5.74, 6) is -2.97. The number of methoxy groups -OCH3 is 1. The van der Waals surface area contributed by atoms with Crippen molar-refractivity contribution < 1.29 is 31.1 Å². The second-order valence-electron chi connectivity index (χ2n) is 7.85. The van der Waals surface area contributed by atoms with Crippen molar-refractivity contribution in [3.8, 4) is 0 Å². The van der Waals surface area contributed by atoms with Gasteiger partial charge in [0.05, 0.1) is 21.7 Å². The van der Waals surface area contributed by atoms with Crippen LogP contribution >= 0.6 is 11.3 Å². The van der Waals surface area contributed by atoms with Gasteiger partial charge in [0.2, 0.25) is 10.0 Å². The Kier molecular flexibility index (Phi) is 7.22. The molecular formula is C22H22F3N3O4S2. The number of amides is 1. The number of carbonyl (C=O) groups excluding carboxylic acids is 1. The van der Waals surface area contributed by atoms with E-state index in [0.717, 1.165) is 29.5 Å². The van der Waals surface area contributed by atoms with Crippen LogP contribution in [-0.2, 0) is 26.1 Å². The molecule has 0 spiro atoms. The molecule has 0 atom stereocenters. The van der Waals surface area contributed by atoms with Crippen LogP contribution in [0.3, 0.4) is 0 Å². The number of sulfonamides is 1. The molecule has 0 unspecified atom stereocenters. The number of fused-ring (bicyclic) bond motifs is 1. The monoisotopic (exact) mass is 513 g/mol. The molecule has 1 aliphatic rings. The van der Waals surface area contributed by atoms with Crippen molar-refractivity contribution in [2.75, 3.05) is 26.8 Å². The van der Waals surface area contributed by atoms with Gasteiger partial charge in [-0.3, -0.25) is 4.79 Å². The quantitative estimate of drug-likeness (QED) is 0.507. The van der Waals surface area contributed by atoms with Gasteiger partial charge in [0.15, 0.2) is 10.6 Å². The summed E-state index contributed by atoms with van der Waals surface area (Å²) in [7, 11) is -2.31. The van der Waals surface area contributed by atoms with Crippen LogP contribution in [0.5, 0.6) is 0 Å². The maximum atomic E-state index is 14.5. The zero-order valence-corrected chi connectivity index (χ0v) is 19.8. The first-order valence-electron chi connectivity index (χ1n) is 10.5. The Labute approximate surface area is 198 Å². The summed E-state index contributed by atoms with van der Waals surface area (Å²) in [6.45, 7) is 0.687. The van der Waals surface area contributed by atoms with E-state index in [9.17, 15) is 26.4 Å². The first-order chi connectivity index (χ1) is 16.2. The van der Waals surface area contributed by atoms with Crippen molar-refractivity contribution in [3.05, 3.63) is 58.7 Å². The van der Waals surface area contributed by atoms with E-state index in [2.05, 4.69) is 4.99 Å². The Hall–Kier alpha value is -2.54. The van der Waals surface area contributed by atoms with Crippen molar-refractivity contribution in [3.63, 3.8) is 0 Å². The van der Waals surface area contributed by atoms with Gasteiger partial charge < -0.3 is 9.30 Å². The minimum Gasteiger partial charge on any atom is -0.383 e. The van der Waals surface area contributed by atoms with Gasteiger partial charge in [0.25, 0.3) is 5.91 Å². The van der Waals surface area contributed by atoms with Crippen LogP contribution in [-0.4, -0.2) is 50.0 Å². The van der Waals surface area contributed by atoms with Gasteiger partial charge in [-0.15, -0.1) is 0 Å². The molecule has 1 aromatic heterocycles. The minimum absolute atomic E-state index is 0.0120. The lowest BCUT2D eigenvalue weighted by Crippen LogP contribution is -2.40. The first kappa shape index (κ1) is 24.6. The molecule has 3 aromatic rings. The summed E-state index contributed by atoms with van der Waals surface area (Å²) < 4.78 is 75.0. The fraction of sp³-hybridized carbons (Fsp3) is 0.364. The van der Waals surface area contributed by atoms with E-state index < -0.39 is 39.3 Å². The van der Waals surface area contributed by atoms with E-state index in [-0.39, 0.29) is 54.3 Å². The highest BCUT2D eigenvalue weighted by Gasteiger charge is 2.32. The average molecular weight is 514 g/mol. The van der Waals surface area contributed by atoms with Crippen LogP contribution in [0.2, 0.25) is 0 Å². The van der Waals surface area contributed by atoms with Gasteiger partial charge >= 0.3 is 0 Å². The normalized spacial score (nSPS) is 16.4. The first-order valence-corrected chi connectivity index (χ1v) is 12.8. The van der Waals surface area contributed by atoms with Crippen LogP contribution in [0.4, 0.5) is 13.2 Å². The molecule has 7 nitrogen and oxygen atoms in total. The summed E-state index contributed by atoms with van der Waals surface area (Å²) >= 11 is 1.00. The zero-order chi connectivity index (χ0) is 24.5. The highest BCUT2D eigenvalue weighted by atomic mass is 32.2. The van der Waals surface area contributed by atoms with E-state index in [1.54, 1.807) is 0 Å². The van der Waals surface area contributed by atoms with E-state index in [1.807, 2.05) is 0 Å². The van der Waals surface area contributed by atoms with E-state index >= 15 is 0 Å². The molecule has 2 heterocycles. The van der Waals surface area contributed by atoms with Crippen molar-refractivity contribution in [1.29, 1.82) is 0 Å². The lowest BCUT2D eigenvalue weighted by molar-refractivity contribution is -0.122. The highest BCUT2D eigenvalue weighted by Crippen LogP contribution is 2.26. The summed E-state index contributed by atoms with van der Waals surface area (Å²) in [6, 6.07) is 6.55. The molecule has 0 N–H and O–H groups in total. The summed E-state index contributed by atoms with van der Waals surface area (Å²) in [6.07, 6.45) is 0.517. The summed E-state index contributed by atoms with van der Waals surface area (Å²) in [5, 5.41) is 0. The molecule has 1 saturated heterocycles. The number of piperidine rings is 1. The maximum absolute atomic E-state index is 14.5. The van der Waals surface area contributed by atoms with Gasteiger partial charge in [-0.25, -0.2) is 21.6 Å². The number of ether oxygens (including phenoxy) is 1. The predicted molar refractivity (Wildman–Crippen MR) is 120 cm³/mol. The van der Waals surface area contributed by atoms with Crippen molar-refractivity contribution >= 4 is 37.5 Å². The van der Waals surface area contributed by atoms with Crippen molar-refractivity contribution in [1.82, 2.24) is 8.87 Å². The van der Waals surface area contributed by atoms with Gasteiger partial charge in [-0.1, -0.05) is 11.3 Å². The van der Waals surface area contributed by atoms with Crippen LogP contribution in [0.1, 0.15) is 12.8 Å². The molecule has 1 aliphatic heterocycles. The molecule has 12 heteroatoms. The van der Waals surface area contributed by atoms with E-state index in [0.29, 0.717) is 4.70 Å². The minimum atomic E-state index is -3.80. The number of hydrogen-bond acceptors (Lipinski definition) is 5. The molecule has 2 aromatic carbocycles. The number of benzene rings is 2. The van der Waals surface area contributed by atoms with Gasteiger partial charge in [0.1, 0.15) is 11.6 Å². The van der Waals surface area contributed by atoms with Crippen molar-refractivity contribution in [2.24, 2.45) is 10.9 Å². The smallest absolute Gasteiger partial charge is 0.251 e. The average Bonchev–Trinajstić information content (AvgIpc) is 3.14. The number of nitrogens with zero attached hydrogens (tertiary/aromatic N) is 3. The fourth-order valence-corrected chi connectivity index (χ4v) is 6.46. The van der Waals surface area contributed by atoms with Crippen LogP contribution < -0.4 is 4.80 Å². The topological polar surface area (TPSA) is 81.0 Å². The number of halogens is 3. The third-order valence-corrected chi connectivity index (χ3v) is 8.61. The Morgan fingerprint density at radius 3 is 2.44 bits per heavy atom. The summed E-state index contributed by atoms with van der Waals surface area (Å²) in [5.41, 5.74) is 0.148. The number of rotatable bonds is 6. The van der Waals surface area contributed by atoms with Gasteiger partial charge in [-0.05, 0) is 43.2 Å². The highest BCUT2D eigenvalue weighted by molar-refractivity contribution is 7.89. The second kappa shape index (κ2) is 9.98. The lowest BCUT2D eigenvalue weighted by atomic mass is 9.98. The lowest BCUT2D eigenvalue weighted by Gasteiger charge is -2.29. The number of aromatic nitrogens is 1. The standard InChI is InChI=1S/C22H22F3N3O4S2/c1-32-11-10-28-20-18(25)12-16(24)13-19(20)33-22(28)26-21(29)14-6-8-27(9-7-14)34(30,31)17-4-2-15(23)3-5-17/h2-5,12-14H,6-11H2,1H3. The predicted octanol–water partition coefficient (Wildman–Crippen LogP) is 3.29. The van der Waals surface area contributed by atoms with Gasteiger partial charge in [-0.2, -0.15) is 9.30 Å². The molecular weight excluding hydrogens is 491 g/mol. The van der Waals surface area contributed by atoms with Crippen LogP contribution in [0.15, 0.2) is 46.3 Å². The third-order valence-electron chi connectivity index (χ3n) is 5.67. The van der Waals surface area contributed by atoms with Crippen LogP contribution in [0, 0.1) is 23.4 Å². The number of carbonyl (C=O) groups is 1. The molecule has 0 saturated carbocycles. The third kappa shape index (κ3) is 4.95.